The van der Waals surface area contributed by atoms with Gasteiger partial charge in [0.25, 0.3) is 0 Å². The Labute approximate surface area is 192 Å². The summed E-state index contributed by atoms with van der Waals surface area (Å²) in [4.78, 5) is 2.30. The Morgan fingerprint density at radius 1 is 1.09 bits per heavy atom. The maximum absolute atomic E-state index is 13.7. The molecule has 0 bridgehead atoms. The molecule has 1 N–H and O–H groups in total. The highest BCUT2D eigenvalue weighted by Gasteiger charge is 2.43. The monoisotopic (exact) mass is 443 g/mol. The Morgan fingerprint density at radius 2 is 1.84 bits per heavy atom. The number of rotatable bonds is 10. The Morgan fingerprint density at radius 3 is 2.53 bits per heavy atom. The van der Waals surface area contributed by atoms with Crippen LogP contribution in [0.5, 0.6) is 11.5 Å². The van der Waals surface area contributed by atoms with Crippen LogP contribution in [0.25, 0.3) is 0 Å². The maximum atomic E-state index is 13.7. The fourth-order valence-electron chi connectivity index (χ4n) is 5.24. The molecule has 0 radical (unpaired) electrons. The molecule has 0 aliphatic heterocycles. The Kier molecular flexibility index (Phi) is 8.18. The van der Waals surface area contributed by atoms with E-state index in [1.807, 2.05) is 18.2 Å². The zero-order valence-electron chi connectivity index (χ0n) is 20.2. The van der Waals surface area contributed by atoms with E-state index in [2.05, 4.69) is 31.9 Å². The summed E-state index contributed by atoms with van der Waals surface area (Å²) in [7, 11) is 5.42. The minimum Gasteiger partial charge on any atom is -0.493 e. The first-order valence-corrected chi connectivity index (χ1v) is 11.7. The molecule has 176 valence electrons. The van der Waals surface area contributed by atoms with Gasteiger partial charge in [0.2, 0.25) is 0 Å². The molecule has 0 heterocycles. The van der Waals surface area contributed by atoms with Crippen LogP contribution in [0, 0.1) is 11.7 Å². The molecule has 0 unspecified atom stereocenters. The minimum atomic E-state index is -0.753. The molecule has 4 nitrogen and oxygen atoms in total. The molecule has 0 saturated heterocycles. The lowest BCUT2D eigenvalue weighted by molar-refractivity contribution is -0.0300. The topological polar surface area (TPSA) is 41.9 Å². The van der Waals surface area contributed by atoms with Crippen LogP contribution < -0.4 is 9.47 Å². The van der Waals surface area contributed by atoms with Crippen molar-refractivity contribution >= 4 is 0 Å². The van der Waals surface area contributed by atoms with Gasteiger partial charge in [0, 0.05) is 12.5 Å². The van der Waals surface area contributed by atoms with Crippen LogP contribution in [0.2, 0.25) is 0 Å². The first kappa shape index (κ1) is 24.5. The average molecular weight is 444 g/mol. The van der Waals surface area contributed by atoms with Gasteiger partial charge in [0.05, 0.1) is 19.8 Å². The summed E-state index contributed by atoms with van der Waals surface area (Å²) in [5.41, 5.74) is 2.64. The molecule has 0 spiro atoms. The lowest BCUT2D eigenvalue weighted by Crippen LogP contribution is -2.45. The van der Waals surface area contributed by atoms with Crippen LogP contribution >= 0.6 is 0 Å². The summed E-state index contributed by atoms with van der Waals surface area (Å²) < 4.78 is 24.4. The van der Waals surface area contributed by atoms with Gasteiger partial charge in [-0.15, -0.1) is 0 Å². The smallest absolute Gasteiger partial charge is 0.160 e. The second kappa shape index (κ2) is 10.7. The van der Waals surface area contributed by atoms with E-state index in [0.717, 1.165) is 61.4 Å². The van der Waals surface area contributed by atoms with E-state index in [1.165, 1.54) is 11.6 Å². The van der Waals surface area contributed by atoms with Crippen LogP contribution in [0.3, 0.4) is 0 Å². The summed E-state index contributed by atoms with van der Waals surface area (Å²) in [5.74, 6) is 1.65. The molecule has 3 rings (SSSR count). The van der Waals surface area contributed by atoms with Gasteiger partial charge in [-0.05, 0) is 92.6 Å². The molecule has 0 aromatic heterocycles. The summed E-state index contributed by atoms with van der Waals surface area (Å²) in [6.45, 7) is 6.10. The molecule has 32 heavy (non-hydrogen) atoms. The number of hydrogen-bond acceptors (Lipinski definition) is 4. The van der Waals surface area contributed by atoms with E-state index < -0.39 is 5.60 Å². The third kappa shape index (κ3) is 5.62. The first-order chi connectivity index (χ1) is 15.3. The van der Waals surface area contributed by atoms with Gasteiger partial charge in [0.1, 0.15) is 5.82 Å². The van der Waals surface area contributed by atoms with Crippen molar-refractivity contribution in [1.29, 1.82) is 0 Å². The van der Waals surface area contributed by atoms with Crippen molar-refractivity contribution in [2.24, 2.45) is 5.92 Å². The van der Waals surface area contributed by atoms with Crippen LogP contribution in [0.15, 0.2) is 36.4 Å². The van der Waals surface area contributed by atoms with Crippen molar-refractivity contribution in [3.8, 4) is 11.5 Å². The number of methoxy groups -OCH3 is 2. The van der Waals surface area contributed by atoms with Crippen LogP contribution in [0.4, 0.5) is 4.39 Å². The van der Waals surface area contributed by atoms with Crippen LogP contribution in [0.1, 0.15) is 55.7 Å². The largest absolute Gasteiger partial charge is 0.493 e. The van der Waals surface area contributed by atoms with E-state index in [1.54, 1.807) is 20.3 Å². The van der Waals surface area contributed by atoms with E-state index in [4.69, 9.17) is 9.47 Å². The number of benzene rings is 2. The first-order valence-electron chi connectivity index (χ1n) is 11.7. The molecule has 0 fully saturated rings. The van der Waals surface area contributed by atoms with Crippen molar-refractivity contribution in [3.63, 3.8) is 0 Å². The zero-order chi connectivity index (χ0) is 23.3. The van der Waals surface area contributed by atoms with E-state index in [-0.39, 0.29) is 11.7 Å². The number of ether oxygens (including phenoxy) is 2. The second-order valence-corrected chi connectivity index (χ2v) is 9.51. The fourth-order valence-corrected chi connectivity index (χ4v) is 5.24. The molecule has 1 aliphatic carbocycles. The standard InChI is InChI=1S/C27H38FNO3/c1-19(2)26-23-10-9-22(28)18-21(23)12-13-27(26,30)14-16-29(3)15-6-7-20-8-11-24(31-4)25(17-20)32-5/h8-11,17-19,26,30H,6-7,12-16H2,1-5H3/t26-,27-/m1/s1. The number of hydrogen-bond donors (Lipinski definition) is 1. The van der Waals surface area contributed by atoms with E-state index >= 15 is 0 Å². The lowest BCUT2D eigenvalue weighted by atomic mass is 9.66. The Balaban J connectivity index is 1.55. The van der Waals surface area contributed by atoms with Gasteiger partial charge < -0.3 is 19.5 Å². The molecule has 2 aromatic rings. The molecule has 0 saturated carbocycles. The Bertz CT molecular complexity index is 900. The van der Waals surface area contributed by atoms with Crippen molar-refractivity contribution in [1.82, 2.24) is 4.90 Å². The van der Waals surface area contributed by atoms with Crippen molar-refractivity contribution in [2.45, 2.75) is 57.5 Å². The van der Waals surface area contributed by atoms with Crippen molar-refractivity contribution in [3.05, 3.63) is 58.9 Å². The molecule has 2 aromatic carbocycles. The van der Waals surface area contributed by atoms with Gasteiger partial charge in [-0.1, -0.05) is 26.0 Å². The molecule has 1 aliphatic rings. The molecule has 0 amide bonds. The number of halogens is 1. The predicted molar refractivity (Wildman–Crippen MR) is 127 cm³/mol. The number of aliphatic hydroxyl groups is 1. The molecular formula is C27H38FNO3. The predicted octanol–water partition coefficient (Wildman–Crippen LogP) is 5.21. The lowest BCUT2D eigenvalue weighted by Gasteiger charge is -2.44. The molecule has 5 heteroatoms. The molecular weight excluding hydrogens is 405 g/mol. The van der Waals surface area contributed by atoms with Gasteiger partial charge in [-0.3, -0.25) is 0 Å². The van der Waals surface area contributed by atoms with Crippen molar-refractivity contribution < 1.29 is 19.0 Å². The minimum absolute atomic E-state index is 0.0343. The van der Waals surface area contributed by atoms with E-state index in [9.17, 15) is 9.50 Å². The van der Waals surface area contributed by atoms with Crippen LogP contribution in [-0.2, 0) is 12.8 Å². The third-order valence-electron chi connectivity index (χ3n) is 6.89. The Hall–Kier alpha value is -2.11. The fraction of sp³-hybridized carbons (Fsp3) is 0.556. The highest BCUT2D eigenvalue weighted by atomic mass is 19.1. The SMILES string of the molecule is COc1ccc(CCCN(C)CC[C@]2(O)CCc3cc(F)ccc3[C@H]2C(C)C)cc1OC. The van der Waals surface area contributed by atoms with E-state index in [0.29, 0.717) is 12.3 Å². The number of aryl methyl sites for hydroxylation is 2. The second-order valence-electron chi connectivity index (χ2n) is 9.51. The number of nitrogens with zero attached hydrogens (tertiary/aromatic N) is 1. The summed E-state index contributed by atoms with van der Waals surface area (Å²) in [6, 6.07) is 11.1. The summed E-state index contributed by atoms with van der Waals surface area (Å²) in [5, 5.41) is 11.6. The number of fused-ring (bicyclic) bond motifs is 1. The van der Waals surface area contributed by atoms with Gasteiger partial charge in [-0.25, -0.2) is 4.39 Å². The molecule has 2 atom stereocenters. The zero-order valence-corrected chi connectivity index (χ0v) is 20.2. The van der Waals surface area contributed by atoms with Crippen molar-refractivity contribution in [2.75, 3.05) is 34.4 Å². The summed E-state index contributed by atoms with van der Waals surface area (Å²) >= 11 is 0. The van der Waals surface area contributed by atoms with Gasteiger partial charge in [0.15, 0.2) is 11.5 Å². The van der Waals surface area contributed by atoms with Gasteiger partial charge in [-0.2, -0.15) is 0 Å². The quantitative estimate of drug-likeness (QED) is 0.547. The normalized spacial score (nSPS) is 20.5. The van der Waals surface area contributed by atoms with Crippen LogP contribution in [-0.4, -0.2) is 50.0 Å². The highest BCUT2D eigenvalue weighted by Crippen LogP contribution is 2.45. The maximum Gasteiger partial charge on any atom is 0.160 e. The summed E-state index contributed by atoms with van der Waals surface area (Å²) in [6.07, 6.45) is 4.13. The third-order valence-corrected chi connectivity index (χ3v) is 6.89. The van der Waals surface area contributed by atoms with Gasteiger partial charge >= 0.3 is 0 Å². The average Bonchev–Trinajstić information content (AvgIpc) is 2.77. The highest BCUT2D eigenvalue weighted by molar-refractivity contribution is 5.43.